The number of nitrogens with zero attached hydrogens (tertiary/aromatic N) is 2. The van der Waals surface area contributed by atoms with Crippen molar-refractivity contribution in [1.29, 1.82) is 0 Å². The van der Waals surface area contributed by atoms with Crippen molar-refractivity contribution in [2.75, 3.05) is 13.1 Å². The Morgan fingerprint density at radius 1 is 1.33 bits per heavy atom. The molecule has 6 nitrogen and oxygen atoms in total. The zero-order valence-corrected chi connectivity index (χ0v) is 15.3. The van der Waals surface area contributed by atoms with Crippen molar-refractivity contribution < 1.29 is 13.2 Å². The number of aryl methyl sites for hydroxylation is 1. The van der Waals surface area contributed by atoms with Gasteiger partial charge in [-0.05, 0) is 45.2 Å². The van der Waals surface area contributed by atoms with Gasteiger partial charge >= 0.3 is 0 Å². The van der Waals surface area contributed by atoms with Crippen molar-refractivity contribution in [1.82, 2.24) is 9.73 Å². The number of nitrogens with one attached hydrogen (secondary N) is 1. The highest BCUT2D eigenvalue weighted by atomic mass is 32.2. The first-order chi connectivity index (χ1) is 11.3. The number of carbonyl (C=O) groups excluding carboxylic acids is 1. The summed E-state index contributed by atoms with van der Waals surface area (Å²) in [6.07, 6.45) is 2.10. The Morgan fingerprint density at radius 3 is 2.62 bits per heavy atom. The summed E-state index contributed by atoms with van der Waals surface area (Å²) in [7, 11) is -3.56. The van der Waals surface area contributed by atoms with E-state index in [0.29, 0.717) is 19.4 Å². The van der Waals surface area contributed by atoms with Crippen LogP contribution in [0.3, 0.4) is 0 Å². The number of sulfonamides is 1. The van der Waals surface area contributed by atoms with Crippen LogP contribution in [0.2, 0.25) is 0 Å². The zero-order chi connectivity index (χ0) is 17.7. The van der Waals surface area contributed by atoms with Crippen LogP contribution in [0.15, 0.2) is 34.3 Å². The third-order valence-electron chi connectivity index (χ3n) is 4.28. The van der Waals surface area contributed by atoms with Gasteiger partial charge in [0.25, 0.3) is 0 Å². The monoisotopic (exact) mass is 351 g/mol. The lowest BCUT2D eigenvalue weighted by Gasteiger charge is -2.30. The molecule has 0 aromatic heterocycles. The molecule has 0 saturated carbocycles. The van der Waals surface area contributed by atoms with Crippen LogP contribution in [0.25, 0.3) is 0 Å². The number of piperidine rings is 1. The molecule has 1 atom stereocenters. The van der Waals surface area contributed by atoms with E-state index in [0.717, 1.165) is 17.7 Å². The van der Waals surface area contributed by atoms with Crippen molar-refractivity contribution in [3.63, 3.8) is 0 Å². The summed E-state index contributed by atoms with van der Waals surface area (Å²) >= 11 is 0. The van der Waals surface area contributed by atoms with Crippen LogP contribution in [-0.2, 0) is 14.8 Å². The number of amides is 1. The van der Waals surface area contributed by atoms with Crippen LogP contribution >= 0.6 is 0 Å². The molecule has 1 heterocycles. The second kappa shape index (κ2) is 7.90. The summed E-state index contributed by atoms with van der Waals surface area (Å²) in [4.78, 5) is 12.5. The summed E-state index contributed by atoms with van der Waals surface area (Å²) < 4.78 is 26.9. The Hall–Kier alpha value is -1.73. The SMILES string of the molecule is CC/C(C)=N\NC(=O)[C@H]1CCCN(S(=O)(=O)c2ccc(C)cc2)C1. The molecule has 1 fully saturated rings. The fourth-order valence-corrected chi connectivity index (χ4v) is 4.08. The van der Waals surface area contributed by atoms with E-state index >= 15 is 0 Å². The van der Waals surface area contributed by atoms with E-state index in [-0.39, 0.29) is 23.3 Å². The average molecular weight is 351 g/mol. The highest BCUT2D eigenvalue weighted by Crippen LogP contribution is 2.24. The van der Waals surface area contributed by atoms with Gasteiger partial charge in [-0.1, -0.05) is 24.6 Å². The molecule has 7 heteroatoms. The number of rotatable bonds is 5. The molecule has 1 aliphatic rings. The van der Waals surface area contributed by atoms with Gasteiger partial charge in [0.05, 0.1) is 10.8 Å². The summed E-state index contributed by atoms with van der Waals surface area (Å²) in [5.74, 6) is -0.584. The highest BCUT2D eigenvalue weighted by molar-refractivity contribution is 7.89. The minimum Gasteiger partial charge on any atom is -0.273 e. The average Bonchev–Trinajstić information content (AvgIpc) is 2.59. The Balaban J connectivity index is 2.09. The Labute approximate surface area is 144 Å². The first-order valence-corrected chi connectivity index (χ1v) is 9.68. The number of benzene rings is 1. The summed E-state index contributed by atoms with van der Waals surface area (Å²) in [6, 6.07) is 6.79. The molecule has 0 unspecified atom stereocenters. The molecule has 1 aromatic carbocycles. The second-order valence-corrected chi connectivity index (χ2v) is 8.13. The molecule has 0 aliphatic carbocycles. The maximum absolute atomic E-state index is 12.7. The van der Waals surface area contributed by atoms with E-state index < -0.39 is 10.0 Å². The molecule has 1 aliphatic heterocycles. The van der Waals surface area contributed by atoms with Crippen molar-refractivity contribution in [2.45, 2.75) is 44.9 Å². The van der Waals surface area contributed by atoms with Crippen LogP contribution in [0.1, 0.15) is 38.7 Å². The molecule has 132 valence electrons. The lowest BCUT2D eigenvalue weighted by molar-refractivity contribution is -0.126. The Bertz CT molecular complexity index is 711. The molecular formula is C17H25N3O3S. The molecule has 1 N–H and O–H groups in total. The molecule has 0 spiro atoms. The molecule has 1 amide bonds. The van der Waals surface area contributed by atoms with Crippen LogP contribution in [0.5, 0.6) is 0 Å². The second-order valence-electron chi connectivity index (χ2n) is 6.19. The Kier molecular flexibility index (Phi) is 6.12. The molecule has 24 heavy (non-hydrogen) atoms. The van der Waals surface area contributed by atoms with E-state index in [2.05, 4.69) is 10.5 Å². The van der Waals surface area contributed by atoms with Crippen LogP contribution < -0.4 is 5.43 Å². The maximum atomic E-state index is 12.7. The van der Waals surface area contributed by atoms with Crippen molar-refractivity contribution in [3.8, 4) is 0 Å². The first kappa shape index (κ1) is 18.6. The van der Waals surface area contributed by atoms with E-state index in [4.69, 9.17) is 0 Å². The normalized spacial score (nSPS) is 20.0. The van der Waals surface area contributed by atoms with Gasteiger partial charge in [-0.15, -0.1) is 0 Å². The molecule has 1 saturated heterocycles. The molecular weight excluding hydrogens is 326 g/mol. The first-order valence-electron chi connectivity index (χ1n) is 8.24. The van der Waals surface area contributed by atoms with Gasteiger partial charge in [0.2, 0.25) is 15.9 Å². The Morgan fingerprint density at radius 2 is 2.00 bits per heavy atom. The lowest BCUT2D eigenvalue weighted by atomic mass is 9.99. The predicted octanol–water partition coefficient (Wildman–Crippen LogP) is 2.30. The zero-order valence-electron chi connectivity index (χ0n) is 14.4. The highest BCUT2D eigenvalue weighted by Gasteiger charge is 2.33. The van der Waals surface area contributed by atoms with E-state index in [1.807, 2.05) is 20.8 Å². The minimum atomic E-state index is -3.56. The number of hydrogen-bond acceptors (Lipinski definition) is 4. The third kappa shape index (κ3) is 4.42. The smallest absolute Gasteiger partial charge is 0.244 e. The lowest BCUT2D eigenvalue weighted by Crippen LogP contribution is -2.44. The molecule has 0 radical (unpaired) electrons. The molecule has 0 bridgehead atoms. The molecule has 1 aromatic rings. The van der Waals surface area contributed by atoms with Crippen LogP contribution in [0.4, 0.5) is 0 Å². The van der Waals surface area contributed by atoms with Gasteiger partial charge in [-0.2, -0.15) is 9.41 Å². The topological polar surface area (TPSA) is 78.8 Å². The van der Waals surface area contributed by atoms with Gasteiger partial charge in [0.1, 0.15) is 0 Å². The fraction of sp³-hybridized carbons (Fsp3) is 0.529. The number of carbonyl (C=O) groups is 1. The predicted molar refractivity (Wildman–Crippen MR) is 94.2 cm³/mol. The van der Waals surface area contributed by atoms with E-state index in [1.54, 1.807) is 24.3 Å². The number of hydrazone groups is 1. The quantitative estimate of drug-likeness (QED) is 0.653. The summed E-state index contributed by atoms with van der Waals surface area (Å²) in [5, 5.41) is 4.02. The summed E-state index contributed by atoms with van der Waals surface area (Å²) in [6.45, 7) is 6.35. The fourth-order valence-electron chi connectivity index (χ4n) is 2.55. The van der Waals surface area contributed by atoms with Gasteiger partial charge in [0.15, 0.2) is 0 Å². The van der Waals surface area contributed by atoms with Crippen LogP contribution in [0, 0.1) is 12.8 Å². The van der Waals surface area contributed by atoms with Crippen molar-refractivity contribution in [2.24, 2.45) is 11.0 Å². The standard InChI is InChI=1S/C17H25N3O3S/c1-4-14(3)18-19-17(21)15-6-5-11-20(12-15)24(22,23)16-9-7-13(2)8-10-16/h7-10,15H,4-6,11-12H2,1-3H3,(H,19,21)/b18-14-/t15-/m0/s1. The van der Waals surface area contributed by atoms with Crippen LogP contribution in [-0.4, -0.2) is 37.4 Å². The van der Waals surface area contributed by atoms with E-state index in [9.17, 15) is 13.2 Å². The maximum Gasteiger partial charge on any atom is 0.244 e. The van der Waals surface area contributed by atoms with Gasteiger partial charge in [-0.3, -0.25) is 4.79 Å². The van der Waals surface area contributed by atoms with Gasteiger partial charge in [0, 0.05) is 18.8 Å². The summed E-state index contributed by atoms with van der Waals surface area (Å²) in [5.41, 5.74) is 4.39. The van der Waals surface area contributed by atoms with Crippen molar-refractivity contribution >= 4 is 21.6 Å². The van der Waals surface area contributed by atoms with E-state index in [1.165, 1.54) is 4.31 Å². The van der Waals surface area contributed by atoms with Crippen molar-refractivity contribution in [3.05, 3.63) is 29.8 Å². The minimum absolute atomic E-state index is 0.197. The largest absolute Gasteiger partial charge is 0.273 e. The number of hydrogen-bond donors (Lipinski definition) is 1. The molecule has 2 rings (SSSR count). The van der Waals surface area contributed by atoms with Gasteiger partial charge < -0.3 is 0 Å². The van der Waals surface area contributed by atoms with Gasteiger partial charge in [-0.25, -0.2) is 13.8 Å². The third-order valence-corrected chi connectivity index (χ3v) is 6.16.